The van der Waals surface area contributed by atoms with Crippen LogP contribution in [0, 0.1) is 23.7 Å². The molecule has 2 aliphatic rings. The van der Waals surface area contributed by atoms with E-state index in [-0.39, 0.29) is 0 Å². The van der Waals surface area contributed by atoms with Crippen molar-refractivity contribution in [1.29, 1.82) is 0 Å². The molecule has 0 aromatic heterocycles. The molecule has 0 atom stereocenters. The fourth-order valence-corrected chi connectivity index (χ4v) is 5.10. The van der Waals surface area contributed by atoms with Gasteiger partial charge in [-0.3, -0.25) is 0 Å². The maximum absolute atomic E-state index is 5.70. The molecule has 0 N–H and O–H groups in total. The van der Waals surface area contributed by atoms with Gasteiger partial charge in [-0.2, -0.15) is 0 Å². The Hall–Kier alpha value is -0.300. The van der Waals surface area contributed by atoms with Crippen LogP contribution in [0.4, 0.5) is 0 Å². The normalized spacial score (nSPS) is 31.0. The van der Waals surface area contributed by atoms with Crippen molar-refractivity contribution in [2.45, 2.75) is 96.8 Å². The molecule has 140 valence electrons. The molecule has 2 rings (SSSR count). The van der Waals surface area contributed by atoms with Gasteiger partial charge in [0.05, 0.1) is 0 Å². The summed E-state index contributed by atoms with van der Waals surface area (Å²) in [4.78, 5) is 0. The summed E-state index contributed by atoms with van der Waals surface area (Å²) in [6.45, 7) is 7.89. The predicted molar refractivity (Wildman–Crippen MR) is 105 cm³/mol. The maximum atomic E-state index is 5.70. The first kappa shape index (κ1) is 20.0. The zero-order valence-corrected chi connectivity index (χ0v) is 16.3. The number of hydrogen-bond acceptors (Lipinski definition) is 1. The van der Waals surface area contributed by atoms with Crippen molar-refractivity contribution in [1.82, 2.24) is 0 Å². The van der Waals surface area contributed by atoms with Gasteiger partial charge in [-0.05, 0) is 62.2 Å². The Morgan fingerprint density at radius 3 is 1.92 bits per heavy atom. The highest BCUT2D eigenvalue weighted by Crippen LogP contribution is 2.42. The van der Waals surface area contributed by atoms with E-state index < -0.39 is 0 Å². The van der Waals surface area contributed by atoms with E-state index in [0.29, 0.717) is 0 Å². The molecule has 24 heavy (non-hydrogen) atoms. The van der Waals surface area contributed by atoms with Crippen LogP contribution in [0.1, 0.15) is 96.8 Å². The SMILES string of the molecule is C=CCCOCCC1CCC(C2CCC(CCCCC)CC2)CC1. The van der Waals surface area contributed by atoms with Crippen molar-refractivity contribution >= 4 is 0 Å². The summed E-state index contributed by atoms with van der Waals surface area (Å²) in [5, 5.41) is 0. The Morgan fingerprint density at radius 1 is 0.792 bits per heavy atom. The molecule has 0 radical (unpaired) electrons. The van der Waals surface area contributed by atoms with Crippen LogP contribution in [-0.4, -0.2) is 13.2 Å². The predicted octanol–water partition coefficient (Wildman–Crippen LogP) is 7.16. The molecule has 0 aliphatic heterocycles. The van der Waals surface area contributed by atoms with Gasteiger partial charge in [0.1, 0.15) is 0 Å². The zero-order chi connectivity index (χ0) is 17.0. The van der Waals surface area contributed by atoms with Gasteiger partial charge in [-0.1, -0.05) is 64.4 Å². The molecule has 0 bridgehead atoms. The molecule has 1 nitrogen and oxygen atoms in total. The van der Waals surface area contributed by atoms with Crippen LogP contribution in [0.15, 0.2) is 12.7 Å². The summed E-state index contributed by atoms with van der Waals surface area (Å²) < 4.78 is 5.70. The Bertz CT molecular complexity index is 308. The van der Waals surface area contributed by atoms with E-state index in [1.807, 2.05) is 6.08 Å². The van der Waals surface area contributed by atoms with Crippen LogP contribution in [0.5, 0.6) is 0 Å². The minimum Gasteiger partial charge on any atom is -0.381 e. The van der Waals surface area contributed by atoms with Crippen LogP contribution in [-0.2, 0) is 4.74 Å². The van der Waals surface area contributed by atoms with Crippen molar-refractivity contribution < 1.29 is 4.74 Å². The van der Waals surface area contributed by atoms with E-state index >= 15 is 0 Å². The lowest BCUT2D eigenvalue weighted by atomic mass is 9.68. The van der Waals surface area contributed by atoms with E-state index in [1.165, 1.54) is 83.5 Å². The Morgan fingerprint density at radius 2 is 1.38 bits per heavy atom. The first-order valence-corrected chi connectivity index (χ1v) is 11.0. The summed E-state index contributed by atoms with van der Waals surface area (Å²) in [5.41, 5.74) is 0. The molecule has 0 spiro atoms. The zero-order valence-electron chi connectivity index (χ0n) is 16.3. The molecule has 1 heteroatoms. The Labute approximate surface area is 151 Å². The number of rotatable bonds is 11. The highest BCUT2D eigenvalue weighted by molar-refractivity contribution is 4.82. The van der Waals surface area contributed by atoms with Gasteiger partial charge in [-0.15, -0.1) is 6.58 Å². The number of unbranched alkanes of at least 4 members (excludes halogenated alkanes) is 2. The molecular weight excluding hydrogens is 292 g/mol. The van der Waals surface area contributed by atoms with Crippen LogP contribution >= 0.6 is 0 Å². The smallest absolute Gasteiger partial charge is 0.0500 e. The van der Waals surface area contributed by atoms with Gasteiger partial charge in [-0.25, -0.2) is 0 Å². The molecule has 2 fully saturated rings. The first-order chi connectivity index (χ1) is 11.8. The summed E-state index contributed by atoms with van der Waals surface area (Å²) in [5.74, 6) is 4.13. The minimum absolute atomic E-state index is 0.861. The lowest BCUT2D eigenvalue weighted by Crippen LogP contribution is -2.26. The van der Waals surface area contributed by atoms with Crippen LogP contribution in [0.25, 0.3) is 0 Å². The van der Waals surface area contributed by atoms with Gasteiger partial charge >= 0.3 is 0 Å². The second-order valence-electron chi connectivity index (χ2n) is 8.54. The van der Waals surface area contributed by atoms with E-state index in [1.54, 1.807) is 0 Å². The standard InChI is InChI=1S/C23H42O/c1-3-5-7-8-20-9-13-22(14-10-20)23-15-11-21(12-16-23)17-19-24-18-6-4-2/h4,20-23H,2-3,5-19H2,1H3. The van der Waals surface area contributed by atoms with E-state index in [2.05, 4.69) is 13.5 Å². The van der Waals surface area contributed by atoms with Gasteiger partial charge in [0, 0.05) is 13.2 Å². The highest BCUT2D eigenvalue weighted by atomic mass is 16.5. The van der Waals surface area contributed by atoms with Crippen LogP contribution in [0.2, 0.25) is 0 Å². The molecule has 0 heterocycles. The number of ether oxygens (including phenoxy) is 1. The quantitative estimate of drug-likeness (QED) is 0.287. The third kappa shape index (κ3) is 7.30. The molecule has 0 amide bonds. The summed E-state index contributed by atoms with van der Waals surface area (Å²) in [7, 11) is 0. The van der Waals surface area contributed by atoms with Crippen molar-refractivity contribution in [3.8, 4) is 0 Å². The molecule has 2 saturated carbocycles. The fraction of sp³-hybridized carbons (Fsp3) is 0.913. The monoisotopic (exact) mass is 334 g/mol. The summed E-state index contributed by atoms with van der Waals surface area (Å²) in [6, 6.07) is 0. The van der Waals surface area contributed by atoms with Crippen LogP contribution in [0.3, 0.4) is 0 Å². The third-order valence-corrected chi connectivity index (χ3v) is 6.80. The van der Waals surface area contributed by atoms with Crippen molar-refractivity contribution in [2.75, 3.05) is 13.2 Å². The van der Waals surface area contributed by atoms with E-state index in [4.69, 9.17) is 4.74 Å². The second kappa shape index (κ2) is 12.1. The van der Waals surface area contributed by atoms with Gasteiger partial charge in [0.25, 0.3) is 0 Å². The largest absolute Gasteiger partial charge is 0.381 e. The third-order valence-electron chi connectivity index (χ3n) is 6.80. The van der Waals surface area contributed by atoms with Crippen molar-refractivity contribution in [3.05, 3.63) is 12.7 Å². The highest BCUT2D eigenvalue weighted by Gasteiger charge is 2.30. The van der Waals surface area contributed by atoms with E-state index in [0.717, 1.165) is 43.3 Å². The Balaban J connectivity index is 1.54. The average Bonchev–Trinajstić information content (AvgIpc) is 2.63. The Kier molecular flexibility index (Phi) is 10.1. The fourth-order valence-electron chi connectivity index (χ4n) is 5.10. The minimum atomic E-state index is 0.861. The summed E-state index contributed by atoms with van der Waals surface area (Å²) in [6.07, 6.45) is 22.1. The van der Waals surface area contributed by atoms with Gasteiger partial charge < -0.3 is 4.74 Å². The number of hydrogen-bond donors (Lipinski definition) is 0. The maximum Gasteiger partial charge on any atom is 0.0500 e. The molecular formula is C23H42O. The van der Waals surface area contributed by atoms with Gasteiger partial charge in [0.2, 0.25) is 0 Å². The lowest BCUT2D eigenvalue weighted by molar-refractivity contribution is 0.0993. The van der Waals surface area contributed by atoms with Crippen LogP contribution < -0.4 is 0 Å². The van der Waals surface area contributed by atoms with Crippen molar-refractivity contribution in [3.63, 3.8) is 0 Å². The molecule has 0 aromatic rings. The van der Waals surface area contributed by atoms with Crippen molar-refractivity contribution in [2.24, 2.45) is 23.7 Å². The lowest BCUT2D eigenvalue weighted by Gasteiger charge is -2.38. The van der Waals surface area contributed by atoms with E-state index in [9.17, 15) is 0 Å². The summed E-state index contributed by atoms with van der Waals surface area (Å²) >= 11 is 0. The molecule has 2 aliphatic carbocycles. The topological polar surface area (TPSA) is 9.23 Å². The first-order valence-electron chi connectivity index (χ1n) is 11.0. The second-order valence-corrected chi connectivity index (χ2v) is 8.54. The average molecular weight is 335 g/mol. The molecule has 0 aromatic carbocycles. The van der Waals surface area contributed by atoms with Gasteiger partial charge in [0.15, 0.2) is 0 Å². The molecule has 0 unspecified atom stereocenters. The molecule has 0 saturated heterocycles.